The molecule has 2 aromatic carbocycles. The molecule has 1 aromatic heterocycles. The van der Waals surface area contributed by atoms with E-state index < -0.39 is 0 Å². The average molecular weight is 319 g/mol. The summed E-state index contributed by atoms with van der Waals surface area (Å²) in [6, 6.07) is 11.3. The second-order valence-corrected chi connectivity index (χ2v) is 5.29. The molecule has 0 atom stereocenters. The quantitative estimate of drug-likeness (QED) is 0.640. The predicted molar refractivity (Wildman–Crippen MR) is 84.8 cm³/mol. The van der Waals surface area contributed by atoms with Gasteiger partial charge in [-0.3, -0.25) is 0 Å². The molecule has 0 radical (unpaired) electrons. The molecule has 5 heteroatoms. The number of hydrogen-bond donors (Lipinski definition) is 0. The number of benzene rings is 2. The fraction of sp³-hybridized carbons (Fsp3) is 0. The van der Waals surface area contributed by atoms with Crippen LogP contribution in [0.2, 0.25) is 5.15 Å². The summed E-state index contributed by atoms with van der Waals surface area (Å²) in [5.41, 5.74) is 3.30. The van der Waals surface area contributed by atoms with Gasteiger partial charge in [-0.1, -0.05) is 35.8 Å². The fourth-order valence-corrected chi connectivity index (χ4v) is 2.35. The van der Waals surface area contributed by atoms with Gasteiger partial charge in [-0.15, -0.1) is 0 Å². The van der Waals surface area contributed by atoms with E-state index in [0.29, 0.717) is 27.3 Å². The monoisotopic (exact) mass is 318 g/mol. The number of rotatable bonds is 2. The molecule has 104 valence electrons. The van der Waals surface area contributed by atoms with Gasteiger partial charge in [-0.05, 0) is 42.0 Å². The van der Waals surface area contributed by atoms with Crippen LogP contribution >= 0.6 is 23.2 Å². The highest BCUT2D eigenvalue weighted by Crippen LogP contribution is 2.28. The van der Waals surface area contributed by atoms with Crippen molar-refractivity contribution in [1.82, 2.24) is 9.97 Å². The summed E-state index contributed by atoms with van der Waals surface area (Å²) in [5.74, 6) is -0.311. The van der Waals surface area contributed by atoms with E-state index in [4.69, 9.17) is 23.2 Å². The molecule has 3 rings (SSSR count). The van der Waals surface area contributed by atoms with Gasteiger partial charge >= 0.3 is 0 Å². The molecule has 0 amide bonds. The lowest BCUT2D eigenvalue weighted by Gasteiger charge is -2.06. The van der Waals surface area contributed by atoms with Crippen LogP contribution in [-0.2, 0) is 0 Å². The Morgan fingerprint density at radius 2 is 1.71 bits per heavy atom. The third-order valence-electron chi connectivity index (χ3n) is 3.05. The summed E-state index contributed by atoms with van der Waals surface area (Å²) in [7, 11) is 0. The van der Waals surface area contributed by atoms with E-state index >= 15 is 0 Å². The van der Waals surface area contributed by atoms with Crippen LogP contribution < -0.4 is 0 Å². The lowest BCUT2D eigenvalue weighted by molar-refractivity contribution is 0.628. The molecule has 0 aliphatic carbocycles. The van der Waals surface area contributed by atoms with E-state index in [1.807, 2.05) is 6.07 Å². The van der Waals surface area contributed by atoms with Gasteiger partial charge in [0.1, 0.15) is 11.5 Å². The van der Waals surface area contributed by atoms with Crippen molar-refractivity contribution in [2.75, 3.05) is 0 Å². The summed E-state index contributed by atoms with van der Waals surface area (Å²) >= 11 is 12.1. The fourth-order valence-electron chi connectivity index (χ4n) is 1.99. The van der Waals surface area contributed by atoms with Crippen molar-refractivity contribution >= 4 is 39.3 Å². The van der Waals surface area contributed by atoms with E-state index in [1.165, 1.54) is 12.1 Å². The van der Waals surface area contributed by atoms with Crippen LogP contribution in [0.4, 0.5) is 4.39 Å². The van der Waals surface area contributed by atoms with Gasteiger partial charge in [0.15, 0.2) is 5.15 Å². The Hall–Kier alpha value is -1.97. The second kappa shape index (κ2) is 5.43. The zero-order chi connectivity index (χ0) is 15.0. The minimum absolute atomic E-state index is 0.256. The van der Waals surface area contributed by atoms with Gasteiger partial charge in [0.25, 0.3) is 0 Å². The molecule has 0 fully saturated rings. The minimum atomic E-state index is -0.311. The Bertz CT molecular complexity index is 845. The molecular formula is C16H9Cl2FN2. The summed E-state index contributed by atoms with van der Waals surface area (Å²) < 4.78 is 13.0. The van der Waals surface area contributed by atoms with E-state index in [0.717, 1.165) is 5.56 Å². The van der Waals surface area contributed by atoms with Gasteiger partial charge < -0.3 is 0 Å². The number of halogens is 3. The Balaban J connectivity index is 2.17. The predicted octanol–water partition coefficient (Wildman–Crippen LogP) is 5.30. The standard InChI is InChI=1S/C16H9Cl2FN2/c1-9(17)11-4-7-13-14(8-11)21-16(18)15(20-13)10-2-5-12(19)6-3-10/h2-8H,1H2. The Kier molecular flexibility index (Phi) is 3.62. The highest BCUT2D eigenvalue weighted by atomic mass is 35.5. The van der Waals surface area contributed by atoms with Gasteiger partial charge in [0.05, 0.1) is 11.0 Å². The van der Waals surface area contributed by atoms with Crippen LogP contribution in [0.5, 0.6) is 0 Å². The van der Waals surface area contributed by atoms with Gasteiger partial charge in [0.2, 0.25) is 0 Å². The summed E-state index contributed by atoms with van der Waals surface area (Å²) in [5, 5.41) is 0.684. The summed E-state index contributed by atoms with van der Waals surface area (Å²) in [6.07, 6.45) is 0. The molecule has 21 heavy (non-hydrogen) atoms. The molecule has 1 heterocycles. The maximum Gasteiger partial charge on any atom is 0.156 e. The molecule has 0 saturated heterocycles. The Morgan fingerprint density at radius 1 is 1.00 bits per heavy atom. The highest BCUT2D eigenvalue weighted by molar-refractivity contribution is 6.48. The average Bonchev–Trinajstić information content (AvgIpc) is 2.47. The molecular weight excluding hydrogens is 310 g/mol. The van der Waals surface area contributed by atoms with Gasteiger partial charge in [0, 0.05) is 10.6 Å². The molecule has 0 spiro atoms. The molecule has 0 unspecified atom stereocenters. The van der Waals surface area contributed by atoms with Gasteiger partial charge in [-0.2, -0.15) is 0 Å². The van der Waals surface area contributed by atoms with Crippen molar-refractivity contribution in [3.8, 4) is 11.3 Å². The molecule has 2 nitrogen and oxygen atoms in total. The molecule has 0 aliphatic heterocycles. The second-order valence-electron chi connectivity index (χ2n) is 4.48. The van der Waals surface area contributed by atoms with Crippen LogP contribution in [0, 0.1) is 5.82 Å². The number of hydrogen-bond acceptors (Lipinski definition) is 2. The lowest BCUT2D eigenvalue weighted by atomic mass is 10.1. The van der Waals surface area contributed by atoms with Crippen molar-refractivity contribution < 1.29 is 4.39 Å². The Labute approximate surface area is 130 Å². The normalized spacial score (nSPS) is 10.8. The van der Waals surface area contributed by atoms with E-state index in [1.54, 1.807) is 24.3 Å². The minimum Gasteiger partial charge on any atom is -0.243 e. The van der Waals surface area contributed by atoms with E-state index in [2.05, 4.69) is 16.5 Å². The molecule has 0 bridgehead atoms. The molecule has 0 saturated carbocycles. The first-order chi connectivity index (χ1) is 10.0. The third kappa shape index (κ3) is 2.75. The van der Waals surface area contributed by atoms with Crippen LogP contribution in [-0.4, -0.2) is 9.97 Å². The highest BCUT2D eigenvalue weighted by Gasteiger charge is 2.10. The number of aromatic nitrogens is 2. The van der Waals surface area contributed by atoms with Crippen molar-refractivity contribution in [3.05, 3.63) is 65.6 Å². The zero-order valence-electron chi connectivity index (χ0n) is 10.8. The first-order valence-corrected chi connectivity index (χ1v) is 6.88. The van der Waals surface area contributed by atoms with E-state index in [9.17, 15) is 4.39 Å². The van der Waals surface area contributed by atoms with Crippen molar-refractivity contribution in [3.63, 3.8) is 0 Å². The van der Waals surface area contributed by atoms with Crippen LogP contribution in [0.25, 0.3) is 27.3 Å². The number of fused-ring (bicyclic) bond motifs is 1. The van der Waals surface area contributed by atoms with Crippen LogP contribution in [0.15, 0.2) is 49.0 Å². The smallest absolute Gasteiger partial charge is 0.156 e. The van der Waals surface area contributed by atoms with Crippen LogP contribution in [0.1, 0.15) is 5.56 Å². The zero-order valence-corrected chi connectivity index (χ0v) is 12.3. The maximum absolute atomic E-state index is 13.0. The maximum atomic E-state index is 13.0. The third-order valence-corrected chi connectivity index (χ3v) is 3.53. The molecule has 0 N–H and O–H groups in total. The lowest BCUT2D eigenvalue weighted by Crippen LogP contribution is -1.92. The van der Waals surface area contributed by atoms with Crippen molar-refractivity contribution in [1.29, 1.82) is 0 Å². The summed E-state index contributed by atoms with van der Waals surface area (Å²) in [4.78, 5) is 8.81. The first kappa shape index (κ1) is 14.0. The summed E-state index contributed by atoms with van der Waals surface area (Å²) in [6.45, 7) is 3.68. The molecule has 0 aliphatic rings. The molecule has 3 aromatic rings. The van der Waals surface area contributed by atoms with Gasteiger partial charge in [-0.25, -0.2) is 14.4 Å². The number of nitrogens with zero attached hydrogens (tertiary/aromatic N) is 2. The van der Waals surface area contributed by atoms with E-state index in [-0.39, 0.29) is 11.0 Å². The SMILES string of the molecule is C=C(Cl)c1ccc2nc(-c3ccc(F)cc3)c(Cl)nc2c1. The van der Waals surface area contributed by atoms with Crippen molar-refractivity contribution in [2.24, 2.45) is 0 Å². The largest absolute Gasteiger partial charge is 0.243 e. The topological polar surface area (TPSA) is 25.8 Å². The Morgan fingerprint density at radius 3 is 2.38 bits per heavy atom. The van der Waals surface area contributed by atoms with Crippen LogP contribution in [0.3, 0.4) is 0 Å². The first-order valence-electron chi connectivity index (χ1n) is 6.12. The van der Waals surface area contributed by atoms with Crippen molar-refractivity contribution in [2.45, 2.75) is 0 Å².